The standard InChI is InChI=1S/C19H30N6O2.ClH/c1-15-12-16(2-3-20-15)19(26)25-6-4-23(5-7-25)17-13-18(22-14-21-17)24-8-10-27-11-9-24;/h13-16,20H,2-12H2,1H3;1H/t15-,16-;/m0./s1. The summed E-state index contributed by atoms with van der Waals surface area (Å²) >= 11 is 0. The van der Waals surface area contributed by atoms with Gasteiger partial charge in [-0.3, -0.25) is 4.79 Å². The van der Waals surface area contributed by atoms with Gasteiger partial charge in [0.05, 0.1) is 13.2 Å². The van der Waals surface area contributed by atoms with Crippen LogP contribution in [0.15, 0.2) is 12.4 Å². The van der Waals surface area contributed by atoms with Crippen LogP contribution in [0.25, 0.3) is 0 Å². The van der Waals surface area contributed by atoms with Crippen molar-refractivity contribution in [3.63, 3.8) is 0 Å². The molecule has 3 fully saturated rings. The van der Waals surface area contributed by atoms with Gasteiger partial charge >= 0.3 is 0 Å². The highest BCUT2D eigenvalue weighted by Gasteiger charge is 2.30. The lowest BCUT2D eigenvalue weighted by Crippen LogP contribution is -2.52. The van der Waals surface area contributed by atoms with Crippen LogP contribution in [0.1, 0.15) is 19.8 Å². The Morgan fingerprint density at radius 2 is 1.71 bits per heavy atom. The fourth-order valence-electron chi connectivity index (χ4n) is 4.25. The van der Waals surface area contributed by atoms with Crippen LogP contribution in [0.5, 0.6) is 0 Å². The fraction of sp³-hybridized carbons (Fsp3) is 0.737. The summed E-state index contributed by atoms with van der Waals surface area (Å²) in [5.74, 6) is 2.43. The molecule has 4 rings (SSSR count). The van der Waals surface area contributed by atoms with E-state index in [1.54, 1.807) is 6.33 Å². The number of rotatable bonds is 3. The number of nitrogens with zero attached hydrogens (tertiary/aromatic N) is 5. The Balaban J connectivity index is 0.00000225. The summed E-state index contributed by atoms with van der Waals surface area (Å²) in [5, 5.41) is 3.43. The third-order valence-electron chi connectivity index (χ3n) is 5.86. The molecule has 3 saturated heterocycles. The van der Waals surface area contributed by atoms with Crippen molar-refractivity contribution in [2.75, 3.05) is 68.8 Å². The molecule has 3 aliphatic rings. The molecule has 1 N–H and O–H groups in total. The quantitative estimate of drug-likeness (QED) is 0.788. The third kappa shape index (κ3) is 4.85. The summed E-state index contributed by atoms with van der Waals surface area (Å²) in [5.41, 5.74) is 0. The summed E-state index contributed by atoms with van der Waals surface area (Å²) in [4.78, 5) is 28.3. The molecular formula is C19H31ClN6O2. The zero-order valence-corrected chi connectivity index (χ0v) is 17.4. The predicted molar refractivity (Wildman–Crippen MR) is 111 cm³/mol. The molecule has 1 aromatic heterocycles. The first kappa shape index (κ1) is 21.1. The average molecular weight is 411 g/mol. The average Bonchev–Trinajstić information content (AvgIpc) is 2.74. The van der Waals surface area contributed by atoms with Crippen molar-refractivity contribution in [1.82, 2.24) is 20.2 Å². The van der Waals surface area contributed by atoms with E-state index in [0.717, 1.165) is 83.5 Å². The second-order valence-electron chi connectivity index (χ2n) is 7.72. The van der Waals surface area contributed by atoms with Gasteiger partial charge in [0.25, 0.3) is 0 Å². The minimum absolute atomic E-state index is 0. The van der Waals surface area contributed by atoms with Crippen molar-refractivity contribution in [3.05, 3.63) is 12.4 Å². The van der Waals surface area contributed by atoms with E-state index < -0.39 is 0 Å². The lowest BCUT2D eigenvalue weighted by Gasteiger charge is -2.38. The van der Waals surface area contributed by atoms with Crippen molar-refractivity contribution in [2.24, 2.45) is 5.92 Å². The highest BCUT2D eigenvalue weighted by Crippen LogP contribution is 2.22. The molecule has 0 radical (unpaired) electrons. The van der Waals surface area contributed by atoms with Gasteiger partial charge in [0.2, 0.25) is 5.91 Å². The molecule has 4 heterocycles. The fourth-order valence-corrected chi connectivity index (χ4v) is 4.25. The maximum atomic E-state index is 12.8. The number of nitrogens with one attached hydrogen (secondary N) is 1. The van der Waals surface area contributed by atoms with E-state index in [9.17, 15) is 4.79 Å². The Morgan fingerprint density at radius 1 is 1.07 bits per heavy atom. The number of anilines is 2. The molecule has 0 saturated carbocycles. The highest BCUT2D eigenvalue weighted by atomic mass is 35.5. The number of halogens is 1. The maximum absolute atomic E-state index is 12.8. The molecule has 0 unspecified atom stereocenters. The number of carbonyl (C=O) groups is 1. The number of hydrogen-bond acceptors (Lipinski definition) is 7. The number of hydrogen-bond donors (Lipinski definition) is 1. The topological polar surface area (TPSA) is 73.8 Å². The van der Waals surface area contributed by atoms with Crippen molar-refractivity contribution in [1.29, 1.82) is 0 Å². The van der Waals surface area contributed by atoms with Gasteiger partial charge in [0.1, 0.15) is 18.0 Å². The molecule has 9 heteroatoms. The summed E-state index contributed by atoms with van der Waals surface area (Å²) < 4.78 is 5.42. The minimum atomic E-state index is 0. The molecule has 0 aromatic carbocycles. The van der Waals surface area contributed by atoms with Gasteiger partial charge in [0, 0.05) is 57.3 Å². The van der Waals surface area contributed by atoms with Crippen LogP contribution in [-0.4, -0.2) is 85.8 Å². The van der Waals surface area contributed by atoms with Crippen LogP contribution in [0, 0.1) is 5.92 Å². The molecule has 0 aliphatic carbocycles. The maximum Gasteiger partial charge on any atom is 0.225 e. The van der Waals surface area contributed by atoms with Crippen LogP contribution in [-0.2, 0) is 9.53 Å². The number of morpholine rings is 1. The smallest absolute Gasteiger partial charge is 0.225 e. The molecule has 156 valence electrons. The van der Waals surface area contributed by atoms with Gasteiger partial charge in [-0.05, 0) is 26.3 Å². The Kier molecular flexibility index (Phi) is 7.31. The van der Waals surface area contributed by atoms with E-state index >= 15 is 0 Å². The van der Waals surface area contributed by atoms with Crippen molar-refractivity contribution >= 4 is 29.9 Å². The van der Waals surface area contributed by atoms with Gasteiger partial charge in [-0.25, -0.2) is 9.97 Å². The van der Waals surface area contributed by atoms with Gasteiger partial charge in [0.15, 0.2) is 0 Å². The zero-order valence-electron chi connectivity index (χ0n) is 16.5. The van der Waals surface area contributed by atoms with Crippen molar-refractivity contribution < 1.29 is 9.53 Å². The molecular weight excluding hydrogens is 380 g/mol. The molecule has 0 spiro atoms. The van der Waals surface area contributed by atoms with Gasteiger partial charge < -0.3 is 24.8 Å². The van der Waals surface area contributed by atoms with Crippen molar-refractivity contribution in [2.45, 2.75) is 25.8 Å². The molecule has 2 atom stereocenters. The predicted octanol–water partition coefficient (Wildman–Crippen LogP) is 0.772. The van der Waals surface area contributed by atoms with Crippen LogP contribution in [0.4, 0.5) is 11.6 Å². The summed E-state index contributed by atoms with van der Waals surface area (Å²) in [7, 11) is 0. The zero-order chi connectivity index (χ0) is 18.6. The lowest BCUT2D eigenvalue weighted by molar-refractivity contribution is -0.137. The summed E-state index contributed by atoms with van der Waals surface area (Å²) in [6.45, 7) is 9.53. The lowest BCUT2D eigenvalue weighted by atomic mass is 9.92. The number of carbonyl (C=O) groups excluding carboxylic acids is 1. The number of ether oxygens (including phenoxy) is 1. The monoisotopic (exact) mass is 410 g/mol. The number of piperazine rings is 1. The Morgan fingerprint density at radius 3 is 2.36 bits per heavy atom. The van der Waals surface area contributed by atoms with E-state index in [2.05, 4.69) is 38.1 Å². The first-order chi connectivity index (χ1) is 13.2. The van der Waals surface area contributed by atoms with Crippen LogP contribution >= 0.6 is 12.4 Å². The minimum Gasteiger partial charge on any atom is -0.378 e. The SMILES string of the molecule is C[C@H]1C[C@@H](C(=O)N2CCN(c3cc(N4CCOCC4)ncn3)CC2)CCN1.Cl. The largest absolute Gasteiger partial charge is 0.378 e. The molecule has 28 heavy (non-hydrogen) atoms. The number of amides is 1. The van der Waals surface area contributed by atoms with Gasteiger partial charge in [-0.15, -0.1) is 12.4 Å². The molecule has 3 aliphatic heterocycles. The van der Waals surface area contributed by atoms with E-state index in [0.29, 0.717) is 11.9 Å². The van der Waals surface area contributed by atoms with Crippen LogP contribution in [0.2, 0.25) is 0 Å². The second-order valence-corrected chi connectivity index (χ2v) is 7.72. The first-order valence-corrected chi connectivity index (χ1v) is 10.1. The first-order valence-electron chi connectivity index (χ1n) is 10.1. The molecule has 1 amide bonds. The second kappa shape index (κ2) is 9.71. The molecule has 0 bridgehead atoms. The van der Waals surface area contributed by atoms with Crippen molar-refractivity contribution in [3.8, 4) is 0 Å². The molecule has 8 nitrogen and oxygen atoms in total. The van der Waals surface area contributed by atoms with Crippen LogP contribution < -0.4 is 15.1 Å². The summed E-state index contributed by atoms with van der Waals surface area (Å²) in [6.07, 6.45) is 3.56. The Hall–Kier alpha value is -1.64. The van der Waals surface area contributed by atoms with Gasteiger partial charge in [-0.2, -0.15) is 0 Å². The van der Waals surface area contributed by atoms with Gasteiger partial charge in [-0.1, -0.05) is 0 Å². The number of piperidine rings is 1. The Labute approximate surface area is 173 Å². The van der Waals surface area contributed by atoms with E-state index in [-0.39, 0.29) is 18.3 Å². The third-order valence-corrected chi connectivity index (χ3v) is 5.86. The number of aromatic nitrogens is 2. The van der Waals surface area contributed by atoms with Crippen LogP contribution in [0.3, 0.4) is 0 Å². The summed E-state index contributed by atoms with van der Waals surface area (Å²) in [6, 6.07) is 2.51. The van der Waals surface area contributed by atoms with E-state index in [4.69, 9.17) is 4.74 Å². The highest BCUT2D eigenvalue weighted by molar-refractivity contribution is 5.85. The Bertz CT molecular complexity index is 649. The molecule has 1 aromatic rings. The van der Waals surface area contributed by atoms with E-state index in [1.165, 1.54) is 0 Å². The normalized spacial score (nSPS) is 26.0. The van der Waals surface area contributed by atoms with E-state index in [1.807, 2.05) is 4.90 Å².